The minimum absolute atomic E-state index is 0.0213. The normalized spacial score (nSPS) is 12.2. The summed E-state index contributed by atoms with van der Waals surface area (Å²) in [4.78, 5) is 13.5. The summed E-state index contributed by atoms with van der Waals surface area (Å²) in [5.41, 5.74) is -0.0213. The van der Waals surface area contributed by atoms with Gasteiger partial charge >= 0.3 is 6.03 Å². The Hall–Kier alpha value is -1.89. The lowest BCUT2D eigenvalue weighted by atomic mass is 10.2. The molecule has 1 atom stereocenters. The molecule has 0 saturated heterocycles. The average Bonchev–Trinajstić information content (AvgIpc) is 2.34. The number of carbonyl (C=O) groups excluding carboxylic acids is 1. The van der Waals surface area contributed by atoms with Gasteiger partial charge in [0.1, 0.15) is 0 Å². The van der Waals surface area contributed by atoms with Crippen molar-refractivity contribution in [1.82, 2.24) is 4.90 Å². The molecule has 0 aliphatic rings. The third-order valence-electron chi connectivity index (χ3n) is 2.80. The van der Waals surface area contributed by atoms with Gasteiger partial charge in [0, 0.05) is 30.4 Å². The topological polar surface area (TPSA) is 61.8 Å². The predicted molar refractivity (Wildman–Crippen MR) is 75.5 cm³/mol. The number of nitrogens with one attached hydrogen (secondary N) is 1. The summed E-state index contributed by atoms with van der Waals surface area (Å²) in [6.07, 6.45) is -0.706. The van der Waals surface area contributed by atoms with E-state index < -0.39 is 29.5 Å². The maximum Gasteiger partial charge on any atom is 0.322 e. The largest absolute Gasteiger partial charge is 0.491 e. The minimum Gasteiger partial charge on any atom is -0.491 e. The molecule has 1 rings (SSSR count). The molecule has 0 aliphatic carbocycles. The van der Waals surface area contributed by atoms with E-state index in [1.165, 1.54) is 4.90 Å². The van der Waals surface area contributed by atoms with Crippen LogP contribution in [-0.2, 0) is 0 Å². The molecule has 118 valence electrons. The summed E-state index contributed by atoms with van der Waals surface area (Å²) in [7, 11) is 1.16. The van der Waals surface area contributed by atoms with Crippen molar-refractivity contribution in [2.75, 3.05) is 19.0 Å². The fourth-order valence-corrected chi connectivity index (χ4v) is 1.84. The van der Waals surface area contributed by atoms with Gasteiger partial charge in [-0.15, -0.1) is 0 Å². The van der Waals surface area contributed by atoms with Crippen molar-refractivity contribution in [3.63, 3.8) is 0 Å². The summed E-state index contributed by atoms with van der Waals surface area (Å²) in [6, 6.07) is 1.23. The minimum atomic E-state index is -0.903. The number of nitrogens with zero attached hydrogens (tertiary/aromatic N) is 1. The summed E-state index contributed by atoms with van der Waals surface area (Å²) >= 11 is 0. The van der Waals surface area contributed by atoms with Crippen molar-refractivity contribution in [3.05, 3.63) is 23.8 Å². The number of methoxy groups -OCH3 is 1. The van der Waals surface area contributed by atoms with Crippen molar-refractivity contribution in [1.29, 1.82) is 0 Å². The highest BCUT2D eigenvalue weighted by Crippen LogP contribution is 2.25. The van der Waals surface area contributed by atoms with Crippen LogP contribution < -0.4 is 10.1 Å². The lowest BCUT2D eigenvalue weighted by Gasteiger charge is -2.28. The maximum absolute atomic E-state index is 13.6. The summed E-state index contributed by atoms with van der Waals surface area (Å²) in [5, 5.41) is 11.8. The second-order valence-electron chi connectivity index (χ2n) is 5.00. The van der Waals surface area contributed by atoms with E-state index in [0.717, 1.165) is 19.2 Å². The number of benzene rings is 1. The van der Waals surface area contributed by atoms with Crippen LogP contribution in [0.5, 0.6) is 5.75 Å². The Labute approximate surface area is 122 Å². The number of urea groups is 1. The molecule has 2 amide bonds. The Bertz CT molecular complexity index is 484. The molecular weight excluding hydrogens is 282 g/mol. The Balaban J connectivity index is 2.91. The van der Waals surface area contributed by atoms with Gasteiger partial charge in [-0.2, -0.15) is 0 Å². The van der Waals surface area contributed by atoms with Gasteiger partial charge in [-0.25, -0.2) is 13.6 Å². The number of amides is 2. The van der Waals surface area contributed by atoms with Crippen molar-refractivity contribution in [2.24, 2.45) is 0 Å². The molecule has 1 aromatic carbocycles. The first-order valence-corrected chi connectivity index (χ1v) is 6.55. The number of anilines is 1. The molecule has 0 bridgehead atoms. The number of hydrogen-bond acceptors (Lipinski definition) is 3. The van der Waals surface area contributed by atoms with Crippen LogP contribution in [0.2, 0.25) is 0 Å². The molecule has 0 spiro atoms. The van der Waals surface area contributed by atoms with Crippen LogP contribution in [0.1, 0.15) is 20.8 Å². The fourth-order valence-electron chi connectivity index (χ4n) is 1.84. The van der Waals surface area contributed by atoms with Crippen molar-refractivity contribution in [3.8, 4) is 5.75 Å². The number of carbonyl (C=O) groups is 1. The highest BCUT2D eigenvalue weighted by molar-refractivity contribution is 5.89. The summed E-state index contributed by atoms with van der Waals surface area (Å²) in [5.74, 6) is -2.31. The second kappa shape index (κ2) is 7.21. The predicted octanol–water partition coefficient (Wildman–Crippen LogP) is 2.60. The molecule has 7 heteroatoms. The Morgan fingerprint density at radius 2 is 1.86 bits per heavy atom. The number of hydrogen-bond donors (Lipinski definition) is 2. The Morgan fingerprint density at radius 1 is 1.33 bits per heavy atom. The van der Waals surface area contributed by atoms with E-state index in [-0.39, 0.29) is 18.3 Å². The molecule has 0 fully saturated rings. The van der Waals surface area contributed by atoms with Crippen molar-refractivity contribution >= 4 is 11.7 Å². The second-order valence-corrected chi connectivity index (χ2v) is 5.00. The molecule has 0 aromatic heterocycles. The Kier molecular flexibility index (Phi) is 5.90. The smallest absolute Gasteiger partial charge is 0.322 e. The molecule has 2 N–H and O–H groups in total. The third-order valence-corrected chi connectivity index (χ3v) is 2.80. The van der Waals surface area contributed by atoms with Crippen molar-refractivity contribution < 1.29 is 23.4 Å². The first kappa shape index (κ1) is 17.2. The third kappa shape index (κ3) is 4.56. The number of aliphatic hydroxyl groups excluding tert-OH is 1. The molecule has 21 heavy (non-hydrogen) atoms. The van der Waals surface area contributed by atoms with E-state index in [1.54, 1.807) is 20.8 Å². The van der Waals surface area contributed by atoms with E-state index in [9.17, 15) is 18.7 Å². The van der Waals surface area contributed by atoms with E-state index in [2.05, 4.69) is 10.1 Å². The molecule has 1 aromatic rings. The summed E-state index contributed by atoms with van der Waals surface area (Å²) in [6.45, 7) is 5.22. The van der Waals surface area contributed by atoms with Crippen LogP contribution in [0.4, 0.5) is 19.3 Å². The van der Waals surface area contributed by atoms with Crippen LogP contribution in [0.3, 0.4) is 0 Å². The highest BCUT2D eigenvalue weighted by atomic mass is 19.1. The number of rotatable bonds is 5. The highest BCUT2D eigenvalue weighted by Gasteiger charge is 2.20. The SMILES string of the molecule is COc1c(F)cc(NC(=O)N(CC(C)O)C(C)C)cc1F. The van der Waals surface area contributed by atoms with E-state index in [0.29, 0.717) is 0 Å². The molecule has 0 aliphatic heterocycles. The maximum atomic E-state index is 13.6. The van der Waals surface area contributed by atoms with Gasteiger partial charge in [0.15, 0.2) is 17.4 Å². The number of halogens is 2. The van der Waals surface area contributed by atoms with Crippen LogP contribution >= 0.6 is 0 Å². The lowest BCUT2D eigenvalue weighted by molar-refractivity contribution is 0.125. The lowest BCUT2D eigenvalue weighted by Crippen LogP contribution is -2.43. The molecular formula is C14H20F2N2O3. The molecule has 5 nitrogen and oxygen atoms in total. The number of aliphatic hydroxyl groups is 1. The Morgan fingerprint density at radius 3 is 2.24 bits per heavy atom. The molecule has 0 saturated carbocycles. The van der Waals surface area contributed by atoms with Crippen LogP contribution in [-0.4, -0.2) is 41.8 Å². The fraction of sp³-hybridized carbons (Fsp3) is 0.500. The van der Waals surface area contributed by atoms with Gasteiger partial charge < -0.3 is 20.1 Å². The van der Waals surface area contributed by atoms with Gasteiger partial charge in [0.05, 0.1) is 13.2 Å². The van der Waals surface area contributed by atoms with E-state index >= 15 is 0 Å². The molecule has 0 radical (unpaired) electrons. The van der Waals surface area contributed by atoms with E-state index in [1.807, 2.05) is 0 Å². The van der Waals surface area contributed by atoms with Gasteiger partial charge in [-0.1, -0.05) is 0 Å². The van der Waals surface area contributed by atoms with Crippen LogP contribution in [0.25, 0.3) is 0 Å². The average molecular weight is 302 g/mol. The first-order chi connectivity index (χ1) is 9.76. The van der Waals surface area contributed by atoms with E-state index in [4.69, 9.17) is 0 Å². The van der Waals surface area contributed by atoms with Gasteiger partial charge in [-0.05, 0) is 20.8 Å². The zero-order chi connectivity index (χ0) is 16.2. The standard InChI is InChI=1S/C14H20F2N2O3/c1-8(2)18(7-9(3)19)14(20)17-10-5-11(15)13(21-4)12(16)6-10/h5-6,8-9,19H,7H2,1-4H3,(H,17,20). The van der Waals surface area contributed by atoms with Gasteiger partial charge in [0.25, 0.3) is 0 Å². The van der Waals surface area contributed by atoms with Crippen LogP contribution in [0, 0.1) is 11.6 Å². The number of ether oxygens (including phenoxy) is 1. The van der Waals surface area contributed by atoms with Crippen molar-refractivity contribution in [2.45, 2.75) is 32.9 Å². The molecule has 0 heterocycles. The van der Waals surface area contributed by atoms with Crippen LogP contribution in [0.15, 0.2) is 12.1 Å². The monoisotopic (exact) mass is 302 g/mol. The zero-order valence-corrected chi connectivity index (χ0v) is 12.5. The molecule has 1 unspecified atom stereocenters. The van der Waals surface area contributed by atoms with Gasteiger partial charge in [-0.3, -0.25) is 0 Å². The first-order valence-electron chi connectivity index (χ1n) is 6.55. The quantitative estimate of drug-likeness (QED) is 0.879. The zero-order valence-electron chi connectivity index (χ0n) is 12.5. The van der Waals surface area contributed by atoms with Gasteiger partial charge in [0.2, 0.25) is 0 Å². The summed E-state index contributed by atoms with van der Waals surface area (Å²) < 4.78 is 31.7.